The lowest BCUT2D eigenvalue weighted by Crippen LogP contribution is -2.06. The SMILES string of the molecule is COC(=O)/C(=C/CO)c1cc(Br)ccc1C. The van der Waals surface area contributed by atoms with E-state index in [9.17, 15) is 4.79 Å². The lowest BCUT2D eigenvalue weighted by molar-refractivity contribution is -0.133. The Morgan fingerprint density at radius 1 is 1.56 bits per heavy atom. The fourth-order valence-electron chi connectivity index (χ4n) is 1.39. The van der Waals surface area contributed by atoms with Crippen molar-refractivity contribution < 1.29 is 14.6 Å². The molecule has 3 nitrogen and oxygen atoms in total. The largest absolute Gasteiger partial charge is 0.465 e. The number of ether oxygens (including phenoxy) is 1. The summed E-state index contributed by atoms with van der Waals surface area (Å²) in [6.45, 7) is 1.70. The third kappa shape index (κ3) is 2.93. The highest BCUT2D eigenvalue weighted by molar-refractivity contribution is 9.10. The summed E-state index contributed by atoms with van der Waals surface area (Å²) in [4.78, 5) is 11.5. The second-order valence-electron chi connectivity index (χ2n) is 3.25. The third-order valence-electron chi connectivity index (χ3n) is 2.19. The first-order valence-electron chi connectivity index (χ1n) is 4.76. The number of halogens is 1. The van der Waals surface area contributed by atoms with Crippen molar-refractivity contribution in [1.29, 1.82) is 0 Å². The number of rotatable bonds is 3. The van der Waals surface area contributed by atoms with Gasteiger partial charge in [-0.3, -0.25) is 0 Å². The van der Waals surface area contributed by atoms with Crippen LogP contribution in [0.2, 0.25) is 0 Å². The molecule has 0 amide bonds. The van der Waals surface area contributed by atoms with Crippen LogP contribution in [0, 0.1) is 6.92 Å². The van der Waals surface area contributed by atoms with Gasteiger partial charge < -0.3 is 9.84 Å². The minimum absolute atomic E-state index is 0.198. The van der Waals surface area contributed by atoms with Crippen LogP contribution in [-0.4, -0.2) is 24.8 Å². The molecule has 1 aromatic rings. The number of carbonyl (C=O) groups excluding carboxylic acids is 1. The van der Waals surface area contributed by atoms with Crippen molar-refractivity contribution in [2.24, 2.45) is 0 Å². The molecular weight excluding hydrogens is 272 g/mol. The van der Waals surface area contributed by atoms with E-state index in [1.165, 1.54) is 13.2 Å². The number of esters is 1. The molecule has 0 saturated heterocycles. The Morgan fingerprint density at radius 2 is 2.25 bits per heavy atom. The number of methoxy groups -OCH3 is 1. The van der Waals surface area contributed by atoms with Crippen LogP contribution in [0.25, 0.3) is 5.57 Å². The standard InChI is InChI=1S/C12H13BrO3/c1-8-3-4-9(13)7-11(8)10(5-6-14)12(15)16-2/h3-5,7,14H,6H2,1-2H3/b10-5+. The Balaban J connectivity index is 3.26. The van der Waals surface area contributed by atoms with Gasteiger partial charge in [-0.1, -0.05) is 22.0 Å². The van der Waals surface area contributed by atoms with E-state index in [1.807, 2.05) is 25.1 Å². The second-order valence-corrected chi connectivity index (χ2v) is 4.17. The Labute approximate surface area is 103 Å². The minimum atomic E-state index is -0.449. The third-order valence-corrected chi connectivity index (χ3v) is 2.68. The molecule has 4 heteroatoms. The zero-order valence-electron chi connectivity index (χ0n) is 9.16. The summed E-state index contributed by atoms with van der Waals surface area (Å²) in [5.74, 6) is -0.449. The molecule has 1 aromatic carbocycles. The van der Waals surface area contributed by atoms with Gasteiger partial charge in [0.2, 0.25) is 0 Å². The number of benzene rings is 1. The van der Waals surface area contributed by atoms with Gasteiger partial charge in [-0.15, -0.1) is 0 Å². The summed E-state index contributed by atoms with van der Waals surface area (Å²) in [5, 5.41) is 8.91. The topological polar surface area (TPSA) is 46.5 Å². The van der Waals surface area contributed by atoms with Crippen LogP contribution in [0.5, 0.6) is 0 Å². The summed E-state index contributed by atoms with van der Waals surface area (Å²) < 4.78 is 5.56. The Morgan fingerprint density at radius 3 is 2.81 bits per heavy atom. The molecule has 0 fully saturated rings. The highest BCUT2D eigenvalue weighted by Crippen LogP contribution is 2.24. The van der Waals surface area contributed by atoms with Gasteiger partial charge in [0.05, 0.1) is 19.3 Å². The van der Waals surface area contributed by atoms with Crippen molar-refractivity contribution in [3.8, 4) is 0 Å². The Bertz CT molecular complexity index is 424. The fourth-order valence-corrected chi connectivity index (χ4v) is 1.75. The summed E-state index contributed by atoms with van der Waals surface area (Å²) in [7, 11) is 1.32. The zero-order chi connectivity index (χ0) is 12.1. The van der Waals surface area contributed by atoms with Crippen LogP contribution >= 0.6 is 15.9 Å². The van der Waals surface area contributed by atoms with E-state index in [4.69, 9.17) is 5.11 Å². The number of aliphatic hydroxyl groups excluding tert-OH is 1. The number of aliphatic hydroxyl groups is 1. The predicted molar refractivity (Wildman–Crippen MR) is 66.0 cm³/mol. The molecule has 86 valence electrons. The summed E-state index contributed by atoms with van der Waals surface area (Å²) in [6.07, 6.45) is 1.45. The van der Waals surface area contributed by atoms with Crippen molar-refractivity contribution in [3.63, 3.8) is 0 Å². The Hall–Kier alpha value is -1.13. The molecule has 1 rings (SSSR count). The monoisotopic (exact) mass is 284 g/mol. The Kier molecular flexibility index (Phi) is 4.71. The number of hydrogen-bond acceptors (Lipinski definition) is 3. The summed E-state index contributed by atoms with van der Waals surface area (Å²) >= 11 is 3.34. The maximum absolute atomic E-state index is 11.5. The van der Waals surface area contributed by atoms with Gasteiger partial charge in [-0.25, -0.2) is 4.79 Å². The molecule has 16 heavy (non-hydrogen) atoms. The van der Waals surface area contributed by atoms with Crippen molar-refractivity contribution in [2.75, 3.05) is 13.7 Å². The fraction of sp³-hybridized carbons (Fsp3) is 0.250. The molecule has 0 aliphatic heterocycles. The van der Waals surface area contributed by atoms with E-state index in [0.29, 0.717) is 5.57 Å². The summed E-state index contributed by atoms with van der Waals surface area (Å²) in [5.41, 5.74) is 2.09. The number of aryl methyl sites for hydroxylation is 1. The number of carbonyl (C=O) groups is 1. The molecule has 0 aromatic heterocycles. The van der Waals surface area contributed by atoms with E-state index in [1.54, 1.807) is 0 Å². The van der Waals surface area contributed by atoms with Crippen LogP contribution in [-0.2, 0) is 9.53 Å². The minimum Gasteiger partial charge on any atom is -0.465 e. The van der Waals surface area contributed by atoms with E-state index >= 15 is 0 Å². The summed E-state index contributed by atoms with van der Waals surface area (Å²) in [6, 6.07) is 5.62. The van der Waals surface area contributed by atoms with Crippen LogP contribution in [0.15, 0.2) is 28.7 Å². The van der Waals surface area contributed by atoms with Crippen molar-refractivity contribution >= 4 is 27.5 Å². The van der Waals surface area contributed by atoms with Crippen molar-refractivity contribution in [1.82, 2.24) is 0 Å². The first-order valence-corrected chi connectivity index (χ1v) is 5.55. The lowest BCUT2D eigenvalue weighted by Gasteiger charge is -2.09. The average molecular weight is 285 g/mol. The lowest BCUT2D eigenvalue weighted by atomic mass is 10.0. The molecular formula is C12H13BrO3. The van der Waals surface area contributed by atoms with E-state index in [-0.39, 0.29) is 6.61 Å². The molecule has 0 saturated carbocycles. The van der Waals surface area contributed by atoms with E-state index in [0.717, 1.165) is 15.6 Å². The zero-order valence-corrected chi connectivity index (χ0v) is 10.7. The molecule has 0 unspecified atom stereocenters. The second kappa shape index (κ2) is 5.82. The molecule has 0 spiro atoms. The predicted octanol–water partition coefficient (Wildman–Crippen LogP) is 2.31. The molecule has 0 bridgehead atoms. The van der Waals surface area contributed by atoms with Gasteiger partial charge in [0.1, 0.15) is 0 Å². The van der Waals surface area contributed by atoms with E-state index in [2.05, 4.69) is 20.7 Å². The quantitative estimate of drug-likeness (QED) is 0.684. The highest BCUT2D eigenvalue weighted by Gasteiger charge is 2.14. The normalized spacial score (nSPS) is 11.4. The number of hydrogen-bond donors (Lipinski definition) is 1. The van der Waals surface area contributed by atoms with Crippen LogP contribution in [0.4, 0.5) is 0 Å². The molecule has 0 heterocycles. The first kappa shape index (κ1) is 12.9. The van der Waals surface area contributed by atoms with Gasteiger partial charge in [0, 0.05) is 4.47 Å². The molecule has 0 radical (unpaired) electrons. The molecule has 0 atom stereocenters. The van der Waals surface area contributed by atoms with Gasteiger partial charge in [-0.05, 0) is 36.3 Å². The molecule has 0 aliphatic rings. The maximum atomic E-state index is 11.5. The highest BCUT2D eigenvalue weighted by atomic mass is 79.9. The first-order chi connectivity index (χ1) is 7.60. The molecule has 1 N–H and O–H groups in total. The van der Waals surface area contributed by atoms with Crippen LogP contribution < -0.4 is 0 Å². The van der Waals surface area contributed by atoms with Crippen LogP contribution in [0.3, 0.4) is 0 Å². The molecule has 0 aliphatic carbocycles. The van der Waals surface area contributed by atoms with Crippen molar-refractivity contribution in [3.05, 3.63) is 39.9 Å². The smallest absolute Gasteiger partial charge is 0.338 e. The van der Waals surface area contributed by atoms with Crippen molar-refractivity contribution in [2.45, 2.75) is 6.92 Å². The average Bonchev–Trinajstić information content (AvgIpc) is 2.28. The van der Waals surface area contributed by atoms with Gasteiger partial charge in [0.15, 0.2) is 0 Å². The maximum Gasteiger partial charge on any atom is 0.338 e. The van der Waals surface area contributed by atoms with Gasteiger partial charge in [-0.2, -0.15) is 0 Å². The van der Waals surface area contributed by atoms with E-state index < -0.39 is 5.97 Å². The van der Waals surface area contributed by atoms with Gasteiger partial charge in [0.25, 0.3) is 0 Å². The van der Waals surface area contributed by atoms with Crippen LogP contribution in [0.1, 0.15) is 11.1 Å². The van der Waals surface area contributed by atoms with Gasteiger partial charge >= 0.3 is 5.97 Å².